The van der Waals surface area contributed by atoms with Crippen molar-refractivity contribution in [1.82, 2.24) is 15.2 Å². The summed E-state index contributed by atoms with van der Waals surface area (Å²) in [6.45, 7) is 6.84. The minimum Gasteiger partial charge on any atom is -0.444 e. The zero-order chi connectivity index (χ0) is 15.2. The molecule has 1 aromatic rings. The molecule has 6 nitrogen and oxygen atoms in total. The first-order valence-corrected chi connectivity index (χ1v) is 7.52. The van der Waals surface area contributed by atoms with E-state index in [1.165, 1.54) is 12.8 Å². The lowest BCUT2D eigenvalue weighted by atomic mass is 10.4. The summed E-state index contributed by atoms with van der Waals surface area (Å²) >= 11 is 0. The van der Waals surface area contributed by atoms with Gasteiger partial charge in [-0.15, -0.1) is 24.0 Å². The van der Waals surface area contributed by atoms with Crippen LogP contribution in [0.5, 0.6) is 0 Å². The van der Waals surface area contributed by atoms with E-state index in [-0.39, 0.29) is 24.0 Å². The Morgan fingerprint density at radius 3 is 2.73 bits per heavy atom. The molecule has 0 aliphatic heterocycles. The summed E-state index contributed by atoms with van der Waals surface area (Å²) in [5.74, 6) is 3.18. The predicted molar refractivity (Wildman–Crippen MR) is 97.8 cm³/mol. The zero-order valence-electron chi connectivity index (χ0n) is 13.9. The molecule has 1 aliphatic carbocycles. The van der Waals surface area contributed by atoms with Gasteiger partial charge in [-0.25, -0.2) is 4.98 Å². The molecule has 2 rings (SSSR count). The van der Waals surface area contributed by atoms with Crippen molar-refractivity contribution in [3.8, 4) is 0 Å². The Bertz CT molecular complexity index is 466. The number of halogens is 1. The lowest BCUT2D eigenvalue weighted by molar-refractivity contribution is 0.115. The van der Waals surface area contributed by atoms with E-state index in [0.29, 0.717) is 12.4 Å². The van der Waals surface area contributed by atoms with Gasteiger partial charge in [0.25, 0.3) is 0 Å². The summed E-state index contributed by atoms with van der Waals surface area (Å²) in [4.78, 5) is 10.7. The molecule has 1 N–H and O–H groups in total. The van der Waals surface area contributed by atoms with Gasteiger partial charge in [-0.1, -0.05) is 0 Å². The molecule has 1 saturated carbocycles. The highest BCUT2D eigenvalue weighted by molar-refractivity contribution is 14.0. The van der Waals surface area contributed by atoms with Crippen molar-refractivity contribution in [3.63, 3.8) is 0 Å². The van der Waals surface area contributed by atoms with E-state index in [9.17, 15) is 0 Å². The lowest BCUT2D eigenvalue weighted by Gasteiger charge is -2.21. The van der Waals surface area contributed by atoms with Gasteiger partial charge in [0.2, 0.25) is 5.89 Å². The van der Waals surface area contributed by atoms with Crippen molar-refractivity contribution < 1.29 is 9.15 Å². The predicted octanol–water partition coefficient (Wildman–Crippen LogP) is 2.34. The van der Waals surface area contributed by atoms with Gasteiger partial charge in [0, 0.05) is 27.2 Å². The Balaban J connectivity index is 0.00000242. The number of likely N-dealkylation sites (N-methyl/N-ethyl adjacent to an activating group) is 1. The molecule has 0 saturated heterocycles. The third kappa shape index (κ3) is 6.12. The molecule has 7 heteroatoms. The maximum atomic E-state index is 5.65. The summed E-state index contributed by atoms with van der Waals surface area (Å²) in [5.41, 5.74) is 0.934. The molecule has 0 aromatic carbocycles. The van der Waals surface area contributed by atoms with Crippen LogP contribution in [0.15, 0.2) is 9.41 Å². The number of aryl methyl sites for hydroxylation is 2. The van der Waals surface area contributed by atoms with E-state index >= 15 is 0 Å². The number of aliphatic imine (C=N–C) groups is 1. The molecule has 1 heterocycles. The van der Waals surface area contributed by atoms with Crippen molar-refractivity contribution >= 4 is 29.9 Å². The molecule has 1 fully saturated rings. The second kappa shape index (κ2) is 9.34. The fourth-order valence-electron chi connectivity index (χ4n) is 2.00. The summed E-state index contributed by atoms with van der Waals surface area (Å²) < 4.78 is 11.2. The van der Waals surface area contributed by atoms with Gasteiger partial charge in [0.1, 0.15) is 5.76 Å². The number of hydrogen-bond acceptors (Lipinski definition) is 4. The smallest absolute Gasteiger partial charge is 0.214 e. The van der Waals surface area contributed by atoms with E-state index in [4.69, 9.17) is 9.15 Å². The van der Waals surface area contributed by atoms with Gasteiger partial charge < -0.3 is 19.4 Å². The Kier molecular flexibility index (Phi) is 8.16. The fourth-order valence-corrected chi connectivity index (χ4v) is 2.00. The molecule has 126 valence electrons. The summed E-state index contributed by atoms with van der Waals surface area (Å²) in [7, 11) is 3.78. The van der Waals surface area contributed by atoms with Crippen LogP contribution < -0.4 is 5.32 Å². The second-order valence-electron chi connectivity index (χ2n) is 5.59. The standard InChI is InChI=1S/C15H26N4O2.HI/c1-11-12(2)21-14(18-11)9-17-15(16-3)19(4)7-8-20-10-13-5-6-13;/h13H,5-10H2,1-4H3,(H,16,17);1H. The monoisotopic (exact) mass is 422 g/mol. The maximum Gasteiger partial charge on any atom is 0.214 e. The molecule has 0 radical (unpaired) electrons. The molecule has 0 unspecified atom stereocenters. The first-order valence-electron chi connectivity index (χ1n) is 7.52. The summed E-state index contributed by atoms with van der Waals surface area (Å²) in [6.07, 6.45) is 2.65. The molecule has 0 atom stereocenters. The van der Waals surface area contributed by atoms with Gasteiger partial charge in [0.05, 0.1) is 18.8 Å². The van der Waals surface area contributed by atoms with Gasteiger partial charge in [0.15, 0.2) is 5.96 Å². The van der Waals surface area contributed by atoms with Crippen LogP contribution >= 0.6 is 24.0 Å². The van der Waals surface area contributed by atoms with Crippen molar-refractivity contribution in [2.45, 2.75) is 33.2 Å². The van der Waals surface area contributed by atoms with E-state index in [0.717, 1.165) is 43.1 Å². The van der Waals surface area contributed by atoms with Gasteiger partial charge in [-0.3, -0.25) is 4.99 Å². The topological polar surface area (TPSA) is 62.9 Å². The number of ether oxygens (including phenoxy) is 1. The largest absolute Gasteiger partial charge is 0.444 e. The Morgan fingerprint density at radius 1 is 1.45 bits per heavy atom. The van der Waals surface area contributed by atoms with E-state index in [2.05, 4.69) is 20.2 Å². The number of nitrogens with zero attached hydrogens (tertiary/aromatic N) is 3. The molecule has 1 aromatic heterocycles. The number of hydrogen-bond donors (Lipinski definition) is 1. The van der Waals surface area contributed by atoms with Gasteiger partial charge >= 0.3 is 0 Å². The molecule has 22 heavy (non-hydrogen) atoms. The normalized spacial score (nSPS) is 14.6. The quantitative estimate of drug-likeness (QED) is 0.316. The number of aromatic nitrogens is 1. The van der Waals surface area contributed by atoms with E-state index in [1.807, 2.05) is 20.9 Å². The lowest BCUT2D eigenvalue weighted by Crippen LogP contribution is -2.40. The highest BCUT2D eigenvalue weighted by Gasteiger charge is 2.21. The third-order valence-electron chi connectivity index (χ3n) is 3.67. The Morgan fingerprint density at radius 2 is 2.18 bits per heavy atom. The molecule has 0 bridgehead atoms. The van der Waals surface area contributed by atoms with E-state index < -0.39 is 0 Å². The van der Waals surface area contributed by atoms with Crippen molar-refractivity contribution in [3.05, 3.63) is 17.3 Å². The van der Waals surface area contributed by atoms with Gasteiger partial charge in [-0.2, -0.15) is 0 Å². The molecule has 0 spiro atoms. The van der Waals surface area contributed by atoms with Crippen LogP contribution in [0.25, 0.3) is 0 Å². The minimum atomic E-state index is 0. The van der Waals surface area contributed by atoms with Crippen LogP contribution in [0.2, 0.25) is 0 Å². The van der Waals surface area contributed by atoms with Gasteiger partial charge in [-0.05, 0) is 32.6 Å². The molecule has 0 amide bonds. The third-order valence-corrected chi connectivity index (χ3v) is 3.67. The summed E-state index contributed by atoms with van der Waals surface area (Å²) in [6, 6.07) is 0. The number of oxazole rings is 1. The minimum absolute atomic E-state index is 0. The van der Waals surface area contributed by atoms with Crippen LogP contribution in [-0.4, -0.2) is 49.7 Å². The van der Waals surface area contributed by atoms with Crippen molar-refractivity contribution in [2.75, 3.05) is 33.9 Å². The highest BCUT2D eigenvalue weighted by atomic mass is 127. The molecule has 1 aliphatic rings. The highest BCUT2D eigenvalue weighted by Crippen LogP contribution is 2.28. The average Bonchev–Trinajstić information content (AvgIpc) is 3.22. The Hall–Kier alpha value is -0.830. The number of rotatable bonds is 7. The van der Waals surface area contributed by atoms with Crippen LogP contribution in [-0.2, 0) is 11.3 Å². The zero-order valence-corrected chi connectivity index (χ0v) is 16.2. The SMILES string of the molecule is CN=C(NCc1nc(C)c(C)o1)N(C)CCOCC1CC1.I. The molecular formula is C15H27IN4O2. The first kappa shape index (κ1) is 19.2. The second-order valence-corrected chi connectivity index (χ2v) is 5.59. The number of nitrogens with one attached hydrogen (secondary N) is 1. The van der Waals surface area contributed by atoms with Crippen molar-refractivity contribution in [1.29, 1.82) is 0 Å². The number of guanidine groups is 1. The van der Waals surface area contributed by atoms with Crippen LogP contribution in [0, 0.1) is 19.8 Å². The summed E-state index contributed by atoms with van der Waals surface area (Å²) in [5, 5.41) is 3.25. The first-order chi connectivity index (χ1) is 10.1. The fraction of sp³-hybridized carbons (Fsp3) is 0.733. The average molecular weight is 422 g/mol. The van der Waals surface area contributed by atoms with Crippen LogP contribution in [0.1, 0.15) is 30.2 Å². The van der Waals surface area contributed by atoms with E-state index in [1.54, 1.807) is 7.05 Å². The van der Waals surface area contributed by atoms with Crippen LogP contribution in [0.4, 0.5) is 0 Å². The Labute approximate surface area is 149 Å². The molecular weight excluding hydrogens is 395 g/mol. The van der Waals surface area contributed by atoms with Crippen LogP contribution in [0.3, 0.4) is 0 Å². The maximum absolute atomic E-state index is 5.65. The van der Waals surface area contributed by atoms with Crippen molar-refractivity contribution in [2.24, 2.45) is 10.9 Å².